The summed E-state index contributed by atoms with van der Waals surface area (Å²) >= 11 is 1.78. The number of fused-ring (bicyclic) bond motifs is 1. The molecule has 1 aromatic heterocycles. The van der Waals surface area contributed by atoms with E-state index < -0.39 is 0 Å². The van der Waals surface area contributed by atoms with Crippen LogP contribution in [0.25, 0.3) is 0 Å². The highest BCUT2D eigenvalue weighted by Crippen LogP contribution is 2.37. The molecule has 0 radical (unpaired) electrons. The van der Waals surface area contributed by atoms with Crippen molar-refractivity contribution in [3.8, 4) is 0 Å². The Kier molecular flexibility index (Phi) is 3.29. The Balaban J connectivity index is 1.95. The summed E-state index contributed by atoms with van der Waals surface area (Å²) < 4.78 is 14.1. The minimum Gasteiger partial charge on any atom is -0.392 e. The van der Waals surface area contributed by atoms with Gasteiger partial charge in [-0.1, -0.05) is 6.07 Å². The number of hydrogen-bond donors (Lipinski definition) is 1. The maximum Gasteiger partial charge on any atom is 0.146 e. The van der Waals surface area contributed by atoms with Crippen LogP contribution in [-0.4, -0.2) is 11.7 Å². The number of benzene rings is 1. The molecule has 1 atom stereocenters. The first-order valence-corrected chi connectivity index (χ1v) is 7.31. The smallest absolute Gasteiger partial charge is 0.146 e. The van der Waals surface area contributed by atoms with Crippen molar-refractivity contribution in [3.05, 3.63) is 51.5 Å². The van der Waals surface area contributed by atoms with Crippen molar-refractivity contribution in [2.45, 2.75) is 26.0 Å². The third-order valence-corrected chi connectivity index (χ3v) is 4.78. The minimum absolute atomic E-state index is 0.124. The van der Waals surface area contributed by atoms with E-state index in [9.17, 15) is 4.39 Å². The van der Waals surface area contributed by atoms with E-state index in [1.807, 2.05) is 0 Å². The van der Waals surface area contributed by atoms with Gasteiger partial charge in [0.1, 0.15) is 5.82 Å². The fraction of sp³-hybridized carbons (Fsp3) is 0.333. The van der Waals surface area contributed by atoms with E-state index in [4.69, 9.17) is 5.11 Å². The molecule has 2 aromatic rings. The molecule has 0 saturated carbocycles. The van der Waals surface area contributed by atoms with Gasteiger partial charge in [0.25, 0.3) is 0 Å². The fourth-order valence-corrected chi connectivity index (χ4v) is 3.68. The van der Waals surface area contributed by atoms with E-state index in [-0.39, 0.29) is 18.5 Å². The third kappa shape index (κ3) is 2.15. The minimum atomic E-state index is -0.253. The number of aliphatic hydroxyl groups excluding tert-OH is 1. The highest BCUT2D eigenvalue weighted by molar-refractivity contribution is 7.10. The second kappa shape index (κ2) is 4.94. The highest BCUT2D eigenvalue weighted by atomic mass is 32.1. The zero-order valence-electron chi connectivity index (χ0n) is 10.8. The maximum absolute atomic E-state index is 14.1. The lowest BCUT2D eigenvalue weighted by atomic mass is 10.0. The summed E-state index contributed by atoms with van der Waals surface area (Å²) in [7, 11) is 0. The zero-order valence-corrected chi connectivity index (χ0v) is 11.6. The molecule has 1 aromatic carbocycles. The van der Waals surface area contributed by atoms with E-state index in [0.717, 1.165) is 13.0 Å². The van der Waals surface area contributed by atoms with Gasteiger partial charge in [-0.15, -0.1) is 11.3 Å². The Labute approximate surface area is 116 Å². The molecule has 2 nitrogen and oxygen atoms in total. The van der Waals surface area contributed by atoms with Crippen LogP contribution in [0.2, 0.25) is 0 Å². The van der Waals surface area contributed by atoms with E-state index >= 15 is 0 Å². The highest BCUT2D eigenvalue weighted by Gasteiger charge is 2.26. The van der Waals surface area contributed by atoms with Gasteiger partial charge in [-0.2, -0.15) is 0 Å². The molecule has 0 bridgehead atoms. The van der Waals surface area contributed by atoms with Crippen LogP contribution in [0.4, 0.5) is 10.1 Å². The zero-order chi connectivity index (χ0) is 13.4. The Hall–Kier alpha value is -1.39. The van der Waals surface area contributed by atoms with Crippen molar-refractivity contribution in [3.63, 3.8) is 0 Å². The number of hydrogen-bond acceptors (Lipinski definition) is 3. The Morgan fingerprint density at radius 1 is 1.42 bits per heavy atom. The normalized spacial score (nSPS) is 18.5. The van der Waals surface area contributed by atoms with E-state index in [1.54, 1.807) is 23.5 Å². The Morgan fingerprint density at radius 3 is 3.00 bits per heavy atom. The summed E-state index contributed by atoms with van der Waals surface area (Å²) in [5.74, 6) is -0.253. The molecule has 1 unspecified atom stereocenters. The van der Waals surface area contributed by atoms with Gasteiger partial charge in [-0.25, -0.2) is 4.39 Å². The SMILES string of the molecule is CC1c2ccsc2CCN1c1ccc(CO)cc1F. The first kappa shape index (κ1) is 12.6. The summed E-state index contributed by atoms with van der Waals surface area (Å²) in [6, 6.07) is 7.31. The topological polar surface area (TPSA) is 23.5 Å². The molecule has 3 rings (SSSR count). The van der Waals surface area contributed by atoms with Crippen LogP contribution < -0.4 is 4.90 Å². The predicted octanol–water partition coefficient (Wildman–Crippen LogP) is 3.50. The van der Waals surface area contributed by atoms with Crippen LogP contribution in [-0.2, 0) is 13.0 Å². The summed E-state index contributed by atoms with van der Waals surface area (Å²) in [5, 5.41) is 11.1. The van der Waals surface area contributed by atoms with Crippen molar-refractivity contribution in [1.82, 2.24) is 0 Å². The third-order valence-electron chi connectivity index (χ3n) is 3.78. The van der Waals surface area contributed by atoms with Crippen LogP contribution >= 0.6 is 11.3 Å². The molecule has 1 aliphatic heterocycles. The Morgan fingerprint density at radius 2 is 2.26 bits per heavy atom. The van der Waals surface area contributed by atoms with Gasteiger partial charge < -0.3 is 10.0 Å². The summed E-state index contributed by atoms with van der Waals surface area (Å²) in [5.41, 5.74) is 2.55. The van der Waals surface area contributed by atoms with Gasteiger partial charge in [0.05, 0.1) is 18.3 Å². The van der Waals surface area contributed by atoms with Gasteiger partial charge in [0.2, 0.25) is 0 Å². The predicted molar refractivity (Wildman–Crippen MR) is 76.1 cm³/mol. The summed E-state index contributed by atoms with van der Waals surface area (Å²) in [4.78, 5) is 3.52. The molecule has 1 N–H and O–H groups in total. The van der Waals surface area contributed by atoms with Crippen molar-refractivity contribution in [1.29, 1.82) is 0 Å². The molecule has 0 fully saturated rings. The maximum atomic E-state index is 14.1. The lowest BCUT2D eigenvalue weighted by Crippen LogP contribution is -2.33. The number of anilines is 1. The molecule has 0 saturated heterocycles. The van der Waals surface area contributed by atoms with Gasteiger partial charge in [-0.05, 0) is 48.1 Å². The van der Waals surface area contributed by atoms with Gasteiger partial charge in [0, 0.05) is 11.4 Å². The first-order valence-electron chi connectivity index (χ1n) is 6.43. The van der Waals surface area contributed by atoms with Crippen LogP contribution in [0.1, 0.15) is 29.0 Å². The number of thiophene rings is 1. The van der Waals surface area contributed by atoms with Crippen molar-refractivity contribution in [2.75, 3.05) is 11.4 Å². The van der Waals surface area contributed by atoms with Gasteiger partial charge in [0.15, 0.2) is 0 Å². The standard InChI is InChI=1S/C15H16FNOS/c1-10-12-5-7-19-15(12)4-6-17(10)14-3-2-11(9-18)8-13(14)16/h2-3,5,7-8,10,18H,4,6,9H2,1H3. The fourth-order valence-electron chi connectivity index (χ4n) is 2.72. The van der Waals surface area contributed by atoms with E-state index in [1.165, 1.54) is 16.5 Å². The lowest BCUT2D eigenvalue weighted by Gasteiger charge is -2.35. The van der Waals surface area contributed by atoms with E-state index in [0.29, 0.717) is 11.3 Å². The molecule has 19 heavy (non-hydrogen) atoms. The monoisotopic (exact) mass is 277 g/mol. The Bertz CT molecular complexity index is 596. The van der Waals surface area contributed by atoms with Crippen molar-refractivity contribution >= 4 is 17.0 Å². The van der Waals surface area contributed by atoms with Crippen LogP contribution in [0.5, 0.6) is 0 Å². The molecule has 100 valence electrons. The number of nitrogens with zero attached hydrogens (tertiary/aromatic N) is 1. The molecule has 0 aliphatic carbocycles. The van der Waals surface area contributed by atoms with Crippen molar-refractivity contribution < 1.29 is 9.50 Å². The quantitative estimate of drug-likeness (QED) is 0.908. The van der Waals surface area contributed by atoms with Crippen LogP contribution in [0.15, 0.2) is 29.6 Å². The molecular formula is C15H16FNOS. The van der Waals surface area contributed by atoms with Crippen LogP contribution in [0.3, 0.4) is 0 Å². The molecule has 2 heterocycles. The molecular weight excluding hydrogens is 261 g/mol. The molecule has 1 aliphatic rings. The largest absolute Gasteiger partial charge is 0.392 e. The van der Waals surface area contributed by atoms with Crippen molar-refractivity contribution in [2.24, 2.45) is 0 Å². The second-order valence-electron chi connectivity index (χ2n) is 4.86. The number of aliphatic hydroxyl groups is 1. The molecule has 0 spiro atoms. The second-order valence-corrected chi connectivity index (χ2v) is 5.86. The molecule has 0 amide bonds. The van der Waals surface area contributed by atoms with E-state index in [2.05, 4.69) is 23.3 Å². The number of halogens is 1. The average molecular weight is 277 g/mol. The molecule has 4 heteroatoms. The van der Waals surface area contributed by atoms with Gasteiger partial charge in [-0.3, -0.25) is 0 Å². The summed E-state index contributed by atoms with van der Waals surface area (Å²) in [6.07, 6.45) is 0.971. The van der Waals surface area contributed by atoms with Gasteiger partial charge >= 0.3 is 0 Å². The first-order chi connectivity index (χ1) is 9.20. The summed E-state index contributed by atoms with van der Waals surface area (Å²) in [6.45, 7) is 2.83. The number of rotatable bonds is 2. The average Bonchev–Trinajstić information content (AvgIpc) is 2.89. The lowest BCUT2D eigenvalue weighted by molar-refractivity contribution is 0.281. The van der Waals surface area contributed by atoms with Crippen LogP contribution in [0, 0.1) is 5.82 Å².